The molecule has 0 aliphatic carbocycles. The monoisotopic (exact) mass is 473 g/mol. The van der Waals surface area contributed by atoms with E-state index in [2.05, 4.69) is 60.1 Å². The summed E-state index contributed by atoms with van der Waals surface area (Å²) in [6, 6.07) is 9.23. The summed E-state index contributed by atoms with van der Waals surface area (Å²) < 4.78 is 11.6. The van der Waals surface area contributed by atoms with Gasteiger partial charge in [-0.1, -0.05) is 26.8 Å². The highest BCUT2D eigenvalue weighted by Crippen LogP contribution is 2.28. The van der Waals surface area contributed by atoms with Gasteiger partial charge in [-0.25, -0.2) is 4.79 Å². The average Bonchev–Trinajstić information content (AvgIpc) is 2.62. The van der Waals surface area contributed by atoms with Crippen molar-refractivity contribution in [1.29, 1.82) is 0 Å². The zero-order valence-electron chi connectivity index (χ0n) is 15.6. The maximum Gasteiger partial charge on any atom is 0.411 e. The van der Waals surface area contributed by atoms with Crippen LogP contribution in [0.2, 0.25) is 18.1 Å². The van der Waals surface area contributed by atoms with E-state index in [1.807, 2.05) is 18.2 Å². The number of rotatable bonds is 8. The van der Waals surface area contributed by atoms with Crippen LogP contribution in [0, 0.1) is 15.0 Å². The normalized spacial score (nSPS) is 10.6. The summed E-state index contributed by atoms with van der Waals surface area (Å²) in [6.45, 7) is 9.44. The molecular formula is C19H28INO3Si. The molecule has 1 aromatic rings. The van der Waals surface area contributed by atoms with Crippen molar-refractivity contribution in [2.24, 2.45) is 0 Å². The lowest BCUT2D eigenvalue weighted by Gasteiger charge is -2.20. The molecule has 0 spiro atoms. The SMILES string of the molecule is CCOC(=O)Nc1cccc(OCCC#C[Si](CC)(CC)CC)c1I. The summed E-state index contributed by atoms with van der Waals surface area (Å²) in [6.07, 6.45) is 0.267. The number of carbonyl (C=O) groups excluding carboxylic acids is 1. The van der Waals surface area contributed by atoms with Gasteiger partial charge in [0.05, 0.1) is 22.5 Å². The summed E-state index contributed by atoms with van der Waals surface area (Å²) in [5.41, 5.74) is 4.26. The summed E-state index contributed by atoms with van der Waals surface area (Å²) in [4.78, 5) is 11.6. The highest BCUT2D eigenvalue weighted by atomic mass is 127. The summed E-state index contributed by atoms with van der Waals surface area (Å²) in [5.74, 6) is 4.08. The second-order valence-corrected chi connectivity index (χ2v) is 11.7. The number of amides is 1. The van der Waals surface area contributed by atoms with Crippen LogP contribution in [0.4, 0.5) is 10.5 Å². The van der Waals surface area contributed by atoms with Crippen molar-refractivity contribution in [1.82, 2.24) is 0 Å². The lowest BCUT2D eigenvalue weighted by Crippen LogP contribution is -2.29. The van der Waals surface area contributed by atoms with Gasteiger partial charge in [0, 0.05) is 6.42 Å². The van der Waals surface area contributed by atoms with Gasteiger partial charge >= 0.3 is 6.09 Å². The Bertz CT molecular complexity index is 613. The average molecular weight is 473 g/mol. The molecule has 1 N–H and O–H groups in total. The van der Waals surface area contributed by atoms with Crippen LogP contribution < -0.4 is 10.1 Å². The first-order valence-corrected chi connectivity index (χ1v) is 12.6. The van der Waals surface area contributed by atoms with Crippen LogP contribution in [0.25, 0.3) is 0 Å². The number of nitrogens with one attached hydrogen (secondary N) is 1. The fourth-order valence-electron chi connectivity index (χ4n) is 2.47. The first kappa shape index (κ1) is 21.8. The Labute approximate surface area is 166 Å². The van der Waals surface area contributed by atoms with Crippen molar-refractivity contribution in [2.45, 2.75) is 52.2 Å². The standard InChI is InChI=1S/C19H28INO3Si/c1-5-23-19(22)21-16-12-11-13-17(18(16)20)24-14-9-10-15-25(6-2,7-3)8-4/h11-13H,5-9,14H2,1-4H3,(H,21,22). The van der Waals surface area contributed by atoms with Crippen LogP contribution >= 0.6 is 22.6 Å². The van der Waals surface area contributed by atoms with Gasteiger partial charge in [-0.2, -0.15) is 0 Å². The van der Waals surface area contributed by atoms with Crippen LogP contribution in [-0.4, -0.2) is 27.4 Å². The van der Waals surface area contributed by atoms with Gasteiger partial charge in [-0.15, -0.1) is 11.5 Å². The number of ether oxygens (including phenoxy) is 2. The quantitative estimate of drug-likeness (QED) is 0.229. The Morgan fingerprint density at radius 1 is 1.20 bits per heavy atom. The van der Waals surface area contributed by atoms with Crippen molar-refractivity contribution in [3.63, 3.8) is 0 Å². The molecule has 0 saturated heterocycles. The van der Waals surface area contributed by atoms with E-state index < -0.39 is 14.2 Å². The Morgan fingerprint density at radius 3 is 2.48 bits per heavy atom. The topological polar surface area (TPSA) is 47.6 Å². The van der Waals surface area contributed by atoms with E-state index in [0.717, 1.165) is 15.7 Å². The summed E-state index contributed by atoms with van der Waals surface area (Å²) in [7, 11) is -1.37. The molecule has 0 heterocycles. The number of anilines is 1. The number of hydrogen-bond donors (Lipinski definition) is 1. The second-order valence-electron chi connectivity index (χ2n) is 5.70. The molecule has 1 rings (SSSR count). The molecule has 0 atom stereocenters. The molecule has 0 unspecified atom stereocenters. The molecule has 0 saturated carbocycles. The molecule has 4 nitrogen and oxygen atoms in total. The van der Waals surface area contributed by atoms with Gasteiger partial charge in [0.2, 0.25) is 0 Å². The van der Waals surface area contributed by atoms with Gasteiger partial charge in [-0.05, 0) is 59.8 Å². The third-order valence-electron chi connectivity index (χ3n) is 4.34. The zero-order valence-corrected chi connectivity index (χ0v) is 18.7. The number of benzene rings is 1. The molecule has 0 aliphatic rings. The first-order chi connectivity index (χ1) is 12.0. The number of halogens is 1. The highest BCUT2D eigenvalue weighted by molar-refractivity contribution is 14.1. The van der Waals surface area contributed by atoms with E-state index in [-0.39, 0.29) is 0 Å². The Kier molecular flexibility index (Phi) is 9.98. The fourth-order valence-corrected chi connectivity index (χ4v) is 5.65. The van der Waals surface area contributed by atoms with Gasteiger partial charge in [0.25, 0.3) is 0 Å². The van der Waals surface area contributed by atoms with E-state index >= 15 is 0 Å². The molecular weight excluding hydrogens is 445 g/mol. The van der Waals surface area contributed by atoms with Crippen molar-refractivity contribution < 1.29 is 14.3 Å². The molecule has 25 heavy (non-hydrogen) atoms. The molecule has 0 aromatic heterocycles. The third-order valence-corrected chi connectivity index (χ3v) is 10.2. The Balaban J connectivity index is 2.63. The second kappa shape index (κ2) is 11.4. The van der Waals surface area contributed by atoms with Crippen molar-refractivity contribution in [2.75, 3.05) is 18.5 Å². The Hall–Kier alpha value is -1.20. The minimum Gasteiger partial charge on any atom is -0.491 e. The van der Waals surface area contributed by atoms with E-state index in [1.165, 1.54) is 18.1 Å². The minimum absolute atomic E-state index is 0.343. The predicted molar refractivity (Wildman–Crippen MR) is 115 cm³/mol. The van der Waals surface area contributed by atoms with Crippen LogP contribution in [0.3, 0.4) is 0 Å². The van der Waals surface area contributed by atoms with Crippen molar-refractivity contribution >= 4 is 42.4 Å². The zero-order chi connectivity index (χ0) is 18.7. The van der Waals surface area contributed by atoms with E-state index in [4.69, 9.17) is 9.47 Å². The van der Waals surface area contributed by atoms with E-state index in [0.29, 0.717) is 18.9 Å². The number of hydrogen-bond acceptors (Lipinski definition) is 3. The number of carbonyl (C=O) groups is 1. The first-order valence-electron chi connectivity index (χ1n) is 8.87. The molecule has 6 heteroatoms. The maximum absolute atomic E-state index is 11.6. The van der Waals surface area contributed by atoms with Crippen LogP contribution in [0.15, 0.2) is 18.2 Å². The molecule has 0 aliphatic heterocycles. The predicted octanol–water partition coefficient (Wildman–Crippen LogP) is 5.68. The molecule has 0 bridgehead atoms. The third kappa shape index (κ3) is 6.90. The van der Waals surface area contributed by atoms with Gasteiger partial charge in [0.1, 0.15) is 13.8 Å². The lowest BCUT2D eigenvalue weighted by atomic mass is 10.3. The van der Waals surface area contributed by atoms with E-state index in [1.54, 1.807) is 6.92 Å². The summed E-state index contributed by atoms with van der Waals surface area (Å²) in [5, 5.41) is 2.72. The van der Waals surface area contributed by atoms with Gasteiger partial charge < -0.3 is 9.47 Å². The molecule has 138 valence electrons. The highest BCUT2D eigenvalue weighted by Gasteiger charge is 2.23. The molecule has 1 aromatic carbocycles. The van der Waals surface area contributed by atoms with Gasteiger partial charge in [0.15, 0.2) is 0 Å². The van der Waals surface area contributed by atoms with E-state index in [9.17, 15) is 4.79 Å². The van der Waals surface area contributed by atoms with Gasteiger partial charge in [-0.3, -0.25) is 5.32 Å². The van der Waals surface area contributed by atoms with Crippen LogP contribution in [-0.2, 0) is 4.74 Å². The van der Waals surface area contributed by atoms with Crippen molar-refractivity contribution in [3.8, 4) is 17.2 Å². The molecule has 0 radical (unpaired) electrons. The summed E-state index contributed by atoms with van der Waals surface area (Å²) >= 11 is 2.17. The maximum atomic E-state index is 11.6. The Morgan fingerprint density at radius 2 is 1.88 bits per heavy atom. The molecule has 1 amide bonds. The fraction of sp³-hybridized carbons (Fsp3) is 0.526. The minimum atomic E-state index is -1.37. The van der Waals surface area contributed by atoms with Crippen LogP contribution in [0.5, 0.6) is 5.75 Å². The lowest BCUT2D eigenvalue weighted by molar-refractivity contribution is 0.168. The largest absolute Gasteiger partial charge is 0.491 e. The van der Waals surface area contributed by atoms with Crippen molar-refractivity contribution in [3.05, 3.63) is 21.8 Å². The smallest absolute Gasteiger partial charge is 0.411 e. The van der Waals surface area contributed by atoms with Crippen LogP contribution in [0.1, 0.15) is 34.1 Å². The molecule has 0 fully saturated rings.